The maximum atomic E-state index is 11.2. The summed E-state index contributed by atoms with van der Waals surface area (Å²) in [6, 6.07) is 3.99. The number of thiazole rings is 1. The van der Waals surface area contributed by atoms with Gasteiger partial charge >= 0.3 is 5.97 Å². The molecule has 2 heterocycles. The highest BCUT2D eigenvalue weighted by Gasteiger charge is 2.37. The fourth-order valence-electron chi connectivity index (χ4n) is 2.96. The van der Waals surface area contributed by atoms with Gasteiger partial charge in [-0.05, 0) is 37.3 Å². The van der Waals surface area contributed by atoms with Crippen LogP contribution in [-0.2, 0) is 11.2 Å². The maximum absolute atomic E-state index is 11.2. The summed E-state index contributed by atoms with van der Waals surface area (Å²) in [6.07, 6.45) is 2.69. The van der Waals surface area contributed by atoms with Gasteiger partial charge in [-0.2, -0.15) is 0 Å². The number of fused-ring (bicyclic) bond motifs is 1. The average molecular weight is 289 g/mol. The number of carbonyl (C=O) groups is 1. The third kappa shape index (κ3) is 1.80. The van der Waals surface area contributed by atoms with E-state index in [1.807, 2.05) is 12.1 Å². The molecule has 1 fully saturated rings. The highest BCUT2D eigenvalue weighted by molar-refractivity contribution is 7.15. The van der Waals surface area contributed by atoms with Crippen LogP contribution in [0.3, 0.4) is 0 Å². The fraction of sp³-hybridized carbons (Fsp3) is 0.467. The van der Waals surface area contributed by atoms with E-state index in [2.05, 4.69) is 11.9 Å². The second kappa shape index (κ2) is 4.19. The summed E-state index contributed by atoms with van der Waals surface area (Å²) in [5.74, 6) is 1.88. The molecule has 2 aromatic rings. The van der Waals surface area contributed by atoms with Gasteiger partial charge in [0.05, 0.1) is 5.69 Å². The Morgan fingerprint density at radius 3 is 3.00 bits per heavy atom. The number of aliphatic carboxylic acids is 1. The standard InChI is InChI=1S/C15H15NO3S/c1-7-6-9(7)10-3-4-11(19-10)14-16-13-8(15(17)18)2-5-12(13)20-14/h3-4,7-9H,2,5-6H2,1H3,(H,17,18). The molecular formula is C15H15NO3S. The normalized spacial score (nSPS) is 27.6. The Bertz CT molecular complexity index is 687. The van der Waals surface area contributed by atoms with Gasteiger partial charge in [-0.3, -0.25) is 4.79 Å². The fourth-order valence-corrected chi connectivity index (χ4v) is 4.06. The molecular weight excluding hydrogens is 274 g/mol. The van der Waals surface area contributed by atoms with Gasteiger partial charge in [0.25, 0.3) is 0 Å². The first kappa shape index (κ1) is 12.1. The Morgan fingerprint density at radius 2 is 2.30 bits per heavy atom. The minimum atomic E-state index is -0.771. The molecule has 104 valence electrons. The first-order valence-corrected chi connectivity index (χ1v) is 7.77. The molecule has 0 spiro atoms. The number of nitrogens with zero attached hydrogens (tertiary/aromatic N) is 1. The van der Waals surface area contributed by atoms with Gasteiger partial charge in [0.1, 0.15) is 11.7 Å². The summed E-state index contributed by atoms with van der Waals surface area (Å²) in [5, 5.41) is 10.0. The molecule has 0 amide bonds. The topological polar surface area (TPSA) is 63.3 Å². The van der Waals surface area contributed by atoms with Crippen molar-refractivity contribution >= 4 is 17.3 Å². The minimum absolute atomic E-state index is 0.437. The highest BCUT2D eigenvalue weighted by Crippen LogP contribution is 2.48. The summed E-state index contributed by atoms with van der Waals surface area (Å²) in [7, 11) is 0. The third-order valence-electron chi connectivity index (χ3n) is 4.33. The monoisotopic (exact) mass is 289 g/mol. The van der Waals surface area contributed by atoms with Crippen LogP contribution in [0.15, 0.2) is 16.5 Å². The van der Waals surface area contributed by atoms with Crippen molar-refractivity contribution in [1.29, 1.82) is 0 Å². The van der Waals surface area contributed by atoms with Crippen LogP contribution in [0.1, 0.15) is 47.9 Å². The Hall–Kier alpha value is -1.62. The van der Waals surface area contributed by atoms with E-state index in [9.17, 15) is 9.90 Å². The smallest absolute Gasteiger partial charge is 0.312 e. The molecule has 0 aliphatic heterocycles. The molecule has 0 radical (unpaired) electrons. The molecule has 3 unspecified atom stereocenters. The minimum Gasteiger partial charge on any atom is -0.481 e. The van der Waals surface area contributed by atoms with Gasteiger partial charge in [-0.15, -0.1) is 11.3 Å². The van der Waals surface area contributed by atoms with Crippen LogP contribution in [0.2, 0.25) is 0 Å². The van der Waals surface area contributed by atoms with E-state index in [1.165, 1.54) is 6.42 Å². The highest BCUT2D eigenvalue weighted by atomic mass is 32.1. The molecule has 1 saturated carbocycles. The molecule has 4 rings (SSSR count). The van der Waals surface area contributed by atoms with Crippen LogP contribution in [0.25, 0.3) is 10.8 Å². The second-order valence-electron chi connectivity index (χ2n) is 5.78. The number of hydrogen-bond donors (Lipinski definition) is 1. The molecule has 2 aromatic heterocycles. The number of aromatic nitrogens is 1. The summed E-state index contributed by atoms with van der Waals surface area (Å²) in [4.78, 5) is 16.8. The number of carboxylic acids is 1. The van der Waals surface area contributed by atoms with E-state index in [0.29, 0.717) is 18.3 Å². The molecule has 2 aliphatic carbocycles. The van der Waals surface area contributed by atoms with Crippen molar-refractivity contribution < 1.29 is 14.3 Å². The second-order valence-corrected chi connectivity index (χ2v) is 6.86. The van der Waals surface area contributed by atoms with Crippen molar-refractivity contribution in [2.24, 2.45) is 5.92 Å². The largest absolute Gasteiger partial charge is 0.481 e. The van der Waals surface area contributed by atoms with Crippen molar-refractivity contribution in [3.8, 4) is 10.8 Å². The molecule has 3 atom stereocenters. The number of carboxylic acid groups (broad SMARTS) is 1. The van der Waals surface area contributed by atoms with E-state index in [4.69, 9.17) is 4.42 Å². The molecule has 5 heteroatoms. The van der Waals surface area contributed by atoms with Gasteiger partial charge in [0, 0.05) is 10.8 Å². The van der Waals surface area contributed by atoms with Gasteiger partial charge in [0.2, 0.25) is 0 Å². The van der Waals surface area contributed by atoms with Crippen LogP contribution in [-0.4, -0.2) is 16.1 Å². The van der Waals surface area contributed by atoms with Crippen LogP contribution in [0.4, 0.5) is 0 Å². The van der Waals surface area contributed by atoms with Crippen LogP contribution >= 0.6 is 11.3 Å². The zero-order valence-corrected chi connectivity index (χ0v) is 11.9. The van der Waals surface area contributed by atoms with Crippen LogP contribution in [0.5, 0.6) is 0 Å². The Morgan fingerprint density at radius 1 is 1.50 bits per heavy atom. The number of rotatable bonds is 3. The van der Waals surface area contributed by atoms with E-state index in [-0.39, 0.29) is 0 Å². The van der Waals surface area contributed by atoms with Crippen molar-refractivity contribution in [3.63, 3.8) is 0 Å². The van der Waals surface area contributed by atoms with Crippen molar-refractivity contribution in [3.05, 3.63) is 28.5 Å². The predicted octanol–water partition coefficient (Wildman–Crippen LogP) is 3.64. The van der Waals surface area contributed by atoms with Gasteiger partial charge in [-0.1, -0.05) is 6.92 Å². The quantitative estimate of drug-likeness (QED) is 0.937. The molecule has 1 N–H and O–H groups in total. The lowest BCUT2D eigenvalue weighted by Gasteiger charge is -2.00. The Kier molecular flexibility index (Phi) is 2.54. The lowest BCUT2D eigenvalue weighted by molar-refractivity contribution is -0.138. The molecule has 20 heavy (non-hydrogen) atoms. The van der Waals surface area contributed by atoms with Gasteiger partial charge in [-0.25, -0.2) is 4.98 Å². The van der Waals surface area contributed by atoms with E-state index >= 15 is 0 Å². The predicted molar refractivity (Wildman–Crippen MR) is 75.0 cm³/mol. The molecule has 0 aromatic carbocycles. The molecule has 4 nitrogen and oxygen atoms in total. The third-order valence-corrected chi connectivity index (χ3v) is 5.47. The van der Waals surface area contributed by atoms with Gasteiger partial charge in [0.15, 0.2) is 10.8 Å². The number of furan rings is 1. The lowest BCUT2D eigenvalue weighted by atomic mass is 10.1. The Balaban J connectivity index is 1.65. The number of aryl methyl sites for hydroxylation is 1. The average Bonchev–Trinajstić information content (AvgIpc) is 2.86. The first-order chi connectivity index (χ1) is 9.63. The zero-order valence-electron chi connectivity index (χ0n) is 11.1. The van der Waals surface area contributed by atoms with Crippen LogP contribution in [0, 0.1) is 5.92 Å². The van der Waals surface area contributed by atoms with E-state index < -0.39 is 11.9 Å². The van der Waals surface area contributed by atoms with E-state index in [0.717, 1.165) is 33.5 Å². The summed E-state index contributed by atoms with van der Waals surface area (Å²) < 4.78 is 5.90. The van der Waals surface area contributed by atoms with Gasteiger partial charge < -0.3 is 9.52 Å². The maximum Gasteiger partial charge on any atom is 0.312 e. The zero-order chi connectivity index (χ0) is 13.9. The molecule has 2 aliphatic rings. The van der Waals surface area contributed by atoms with Crippen molar-refractivity contribution in [2.45, 2.75) is 38.0 Å². The first-order valence-electron chi connectivity index (χ1n) is 6.96. The van der Waals surface area contributed by atoms with E-state index in [1.54, 1.807) is 11.3 Å². The lowest BCUT2D eigenvalue weighted by Crippen LogP contribution is -2.08. The van der Waals surface area contributed by atoms with Crippen LogP contribution < -0.4 is 0 Å². The van der Waals surface area contributed by atoms with Crippen molar-refractivity contribution in [2.75, 3.05) is 0 Å². The molecule has 0 saturated heterocycles. The summed E-state index contributed by atoms with van der Waals surface area (Å²) in [6.45, 7) is 2.22. The number of hydrogen-bond acceptors (Lipinski definition) is 4. The SMILES string of the molecule is CC1CC1c1ccc(-c2nc3c(s2)CCC3C(=O)O)o1. The van der Waals surface area contributed by atoms with Crippen molar-refractivity contribution in [1.82, 2.24) is 4.98 Å². The summed E-state index contributed by atoms with van der Waals surface area (Å²) in [5.41, 5.74) is 0.746. The summed E-state index contributed by atoms with van der Waals surface area (Å²) >= 11 is 1.57. The Labute approximate surface area is 120 Å². The molecule has 0 bridgehead atoms.